The van der Waals surface area contributed by atoms with E-state index in [1.165, 1.54) is 23.5 Å². The molecule has 0 aliphatic rings. The third kappa shape index (κ3) is 6.17. The number of halogens is 3. The van der Waals surface area contributed by atoms with E-state index in [1.807, 2.05) is 19.9 Å². The summed E-state index contributed by atoms with van der Waals surface area (Å²) in [5.41, 5.74) is 3.21. The first-order valence-electron chi connectivity index (χ1n) is 10.3. The molecule has 1 N–H and O–H groups in total. The number of hydrogen-bond donors (Lipinski definition) is 1. The average molecular weight is 479 g/mol. The Balaban J connectivity index is 1.61. The predicted molar refractivity (Wildman–Crippen MR) is 126 cm³/mol. The lowest BCUT2D eigenvalue weighted by Crippen LogP contribution is -2.04. The molecule has 3 rings (SSSR count). The molecule has 0 bridgehead atoms. The quantitative estimate of drug-likeness (QED) is 0.332. The molecule has 170 valence electrons. The van der Waals surface area contributed by atoms with Gasteiger partial charge in [0.2, 0.25) is 0 Å². The Morgan fingerprint density at radius 2 is 1.69 bits per heavy atom. The van der Waals surface area contributed by atoms with Gasteiger partial charge in [0.15, 0.2) is 0 Å². The van der Waals surface area contributed by atoms with Crippen molar-refractivity contribution in [3.8, 4) is 11.1 Å². The third-order valence-corrected chi connectivity index (χ3v) is 7.74. The van der Waals surface area contributed by atoms with Crippen LogP contribution >= 0.6 is 23.1 Å². The number of benzene rings is 2. The number of alkyl halides is 3. The van der Waals surface area contributed by atoms with Gasteiger partial charge in [0.05, 0.1) is 5.56 Å². The second kappa shape index (κ2) is 10.1. The van der Waals surface area contributed by atoms with Crippen LogP contribution in [0.1, 0.15) is 44.6 Å². The maximum atomic E-state index is 12.8. The van der Waals surface area contributed by atoms with E-state index in [1.54, 1.807) is 17.8 Å². The Kier molecular flexibility index (Phi) is 7.72. The van der Waals surface area contributed by atoms with Gasteiger partial charge in [0.1, 0.15) is 4.88 Å². The molecule has 0 fully saturated rings. The van der Waals surface area contributed by atoms with E-state index in [-0.39, 0.29) is 0 Å². The highest BCUT2D eigenvalue weighted by Crippen LogP contribution is 2.35. The molecule has 0 amide bonds. The van der Waals surface area contributed by atoms with Crippen LogP contribution in [-0.4, -0.2) is 16.8 Å². The van der Waals surface area contributed by atoms with Crippen molar-refractivity contribution >= 4 is 29.1 Å². The van der Waals surface area contributed by atoms with Crippen LogP contribution in [0.4, 0.5) is 13.2 Å². The molecule has 0 saturated heterocycles. The Morgan fingerprint density at radius 1 is 1.06 bits per heavy atom. The van der Waals surface area contributed by atoms with Gasteiger partial charge in [-0.1, -0.05) is 19.1 Å². The first-order valence-corrected chi connectivity index (χ1v) is 12.1. The highest BCUT2D eigenvalue weighted by atomic mass is 32.2. The van der Waals surface area contributed by atoms with E-state index in [9.17, 15) is 18.0 Å². The van der Waals surface area contributed by atoms with Crippen molar-refractivity contribution in [2.75, 3.05) is 5.75 Å². The van der Waals surface area contributed by atoms with Crippen molar-refractivity contribution in [2.45, 2.75) is 44.7 Å². The molecule has 1 heterocycles. The zero-order valence-corrected chi connectivity index (χ0v) is 19.8. The van der Waals surface area contributed by atoms with Crippen LogP contribution in [0.15, 0.2) is 53.4 Å². The highest BCUT2D eigenvalue weighted by Gasteiger charge is 2.30. The van der Waals surface area contributed by atoms with Crippen molar-refractivity contribution in [2.24, 2.45) is 5.92 Å². The molecule has 0 aliphatic heterocycles. The van der Waals surface area contributed by atoms with Crippen LogP contribution < -0.4 is 0 Å². The van der Waals surface area contributed by atoms with E-state index in [4.69, 9.17) is 5.11 Å². The van der Waals surface area contributed by atoms with Gasteiger partial charge in [0.25, 0.3) is 0 Å². The fourth-order valence-corrected chi connectivity index (χ4v) is 5.65. The fourth-order valence-electron chi connectivity index (χ4n) is 3.63. The van der Waals surface area contributed by atoms with E-state index < -0.39 is 17.7 Å². The number of hydrogen-bond acceptors (Lipinski definition) is 3. The van der Waals surface area contributed by atoms with Gasteiger partial charge in [-0.25, -0.2) is 4.79 Å². The number of carboxylic acids is 1. The number of aryl methyl sites for hydroxylation is 3. The predicted octanol–water partition coefficient (Wildman–Crippen LogP) is 8.11. The van der Waals surface area contributed by atoms with Gasteiger partial charge in [-0.05, 0) is 91.3 Å². The number of thioether (sulfide) groups is 1. The van der Waals surface area contributed by atoms with Gasteiger partial charge >= 0.3 is 12.1 Å². The van der Waals surface area contributed by atoms with Gasteiger partial charge < -0.3 is 5.11 Å². The summed E-state index contributed by atoms with van der Waals surface area (Å²) >= 11 is 3.11. The lowest BCUT2D eigenvalue weighted by Gasteiger charge is -2.15. The van der Waals surface area contributed by atoms with E-state index in [0.29, 0.717) is 10.8 Å². The molecule has 0 aliphatic carbocycles. The molecule has 1 aromatic heterocycles. The third-order valence-electron chi connectivity index (χ3n) is 5.30. The molecule has 7 heteroatoms. The van der Waals surface area contributed by atoms with Crippen LogP contribution in [0.3, 0.4) is 0 Å². The molecule has 2 nitrogen and oxygen atoms in total. The van der Waals surface area contributed by atoms with Crippen LogP contribution in [0, 0.1) is 19.8 Å². The number of thiophene rings is 1. The molecule has 3 aromatic rings. The van der Waals surface area contributed by atoms with Crippen LogP contribution in [0.5, 0.6) is 0 Å². The number of carboxylic acid groups (broad SMARTS) is 1. The largest absolute Gasteiger partial charge is 0.477 e. The Morgan fingerprint density at radius 3 is 2.22 bits per heavy atom. The lowest BCUT2D eigenvalue weighted by atomic mass is 9.95. The smallest absolute Gasteiger partial charge is 0.416 e. The molecule has 1 atom stereocenters. The Bertz CT molecular complexity index is 1060. The van der Waals surface area contributed by atoms with Gasteiger partial charge in [-0.2, -0.15) is 13.2 Å². The summed E-state index contributed by atoms with van der Waals surface area (Å²) in [6, 6.07) is 13.1. The summed E-state index contributed by atoms with van der Waals surface area (Å²) in [5, 5.41) is 9.03. The zero-order chi connectivity index (χ0) is 23.5. The van der Waals surface area contributed by atoms with Crippen molar-refractivity contribution in [1.29, 1.82) is 0 Å². The molecule has 0 radical (unpaired) electrons. The molecule has 0 saturated carbocycles. The Labute approximate surface area is 194 Å². The minimum Gasteiger partial charge on any atom is -0.477 e. The van der Waals surface area contributed by atoms with Gasteiger partial charge in [-0.15, -0.1) is 23.1 Å². The first kappa shape index (κ1) is 24.4. The standard InChI is InChI=1S/C25H25F3O2S2/c1-15(4-9-20-10-11-22(32-20)24(29)30)14-31-21-12-16(2)23(17(3)13-21)18-5-7-19(8-6-18)25(26,27)28/h5-8,10-13,15H,4,9,14H2,1-3H3,(H,29,30). The summed E-state index contributed by atoms with van der Waals surface area (Å²) in [7, 11) is 0. The van der Waals surface area contributed by atoms with Crippen molar-refractivity contribution < 1.29 is 23.1 Å². The lowest BCUT2D eigenvalue weighted by molar-refractivity contribution is -0.137. The average Bonchev–Trinajstić information content (AvgIpc) is 3.19. The van der Waals surface area contributed by atoms with Crippen molar-refractivity contribution in [3.05, 3.63) is 75.0 Å². The zero-order valence-electron chi connectivity index (χ0n) is 18.1. The van der Waals surface area contributed by atoms with Crippen molar-refractivity contribution in [1.82, 2.24) is 0 Å². The molecule has 32 heavy (non-hydrogen) atoms. The van der Waals surface area contributed by atoms with Crippen LogP contribution in [0.2, 0.25) is 0 Å². The summed E-state index contributed by atoms with van der Waals surface area (Å²) in [4.78, 5) is 13.6. The molecule has 0 spiro atoms. The van der Waals surface area contributed by atoms with Gasteiger partial charge in [0, 0.05) is 15.5 Å². The normalized spacial score (nSPS) is 12.7. The maximum absolute atomic E-state index is 12.8. The van der Waals surface area contributed by atoms with Crippen molar-refractivity contribution in [3.63, 3.8) is 0 Å². The fraction of sp³-hybridized carbons (Fsp3) is 0.320. The molecular weight excluding hydrogens is 453 g/mol. The summed E-state index contributed by atoms with van der Waals surface area (Å²) in [6.07, 6.45) is -2.49. The maximum Gasteiger partial charge on any atom is 0.416 e. The van der Waals surface area contributed by atoms with E-state index >= 15 is 0 Å². The summed E-state index contributed by atoms with van der Waals surface area (Å²) in [6.45, 7) is 6.17. The van der Waals surface area contributed by atoms with Crippen LogP contribution in [0.25, 0.3) is 11.1 Å². The number of carbonyl (C=O) groups is 1. The Hall–Kier alpha value is -2.25. The number of rotatable bonds is 8. The van der Waals surface area contributed by atoms with E-state index in [0.717, 1.165) is 62.8 Å². The van der Waals surface area contributed by atoms with Crippen LogP contribution in [-0.2, 0) is 12.6 Å². The topological polar surface area (TPSA) is 37.3 Å². The molecule has 1 unspecified atom stereocenters. The van der Waals surface area contributed by atoms with E-state index in [2.05, 4.69) is 19.1 Å². The highest BCUT2D eigenvalue weighted by molar-refractivity contribution is 7.99. The summed E-state index contributed by atoms with van der Waals surface area (Å²) < 4.78 is 38.5. The minimum absolute atomic E-state index is 0.376. The molecule has 2 aromatic carbocycles. The minimum atomic E-state index is -4.33. The SMILES string of the molecule is Cc1cc(SCC(C)CCc2ccc(C(=O)O)s2)cc(C)c1-c1ccc(C(F)(F)F)cc1. The first-order chi connectivity index (χ1) is 15.0. The monoisotopic (exact) mass is 478 g/mol. The second-order valence-electron chi connectivity index (χ2n) is 8.03. The van der Waals surface area contributed by atoms with Gasteiger partial charge in [-0.3, -0.25) is 0 Å². The second-order valence-corrected chi connectivity index (χ2v) is 10.3. The number of aromatic carboxylic acids is 1. The molecular formula is C25H25F3O2S2. The summed E-state index contributed by atoms with van der Waals surface area (Å²) in [5.74, 6) is 0.524.